The molecule has 19 heteroatoms. The molecule has 1 fully saturated rings. The van der Waals surface area contributed by atoms with Crippen molar-refractivity contribution in [3.8, 4) is 0 Å². The van der Waals surface area contributed by atoms with Crippen molar-refractivity contribution >= 4 is 77.1 Å². The second-order valence-electron chi connectivity index (χ2n) is 14.0. The van der Waals surface area contributed by atoms with E-state index >= 15 is 0 Å². The summed E-state index contributed by atoms with van der Waals surface area (Å²) in [7, 11) is 0. The van der Waals surface area contributed by atoms with E-state index in [1.165, 1.54) is 42.5 Å². The number of nitrogens with two attached hydrogens (primary N) is 1. The van der Waals surface area contributed by atoms with E-state index in [9.17, 15) is 43.2 Å². The first-order valence-corrected chi connectivity index (χ1v) is 19.1. The van der Waals surface area contributed by atoms with Crippen molar-refractivity contribution in [3.63, 3.8) is 0 Å². The van der Waals surface area contributed by atoms with Gasteiger partial charge in [-0.1, -0.05) is 30.7 Å². The fourth-order valence-electron chi connectivity index (χ4n) is 6.23. The zero-order chi connectivity index (χ0) is 43.7. The van der Waals surface area contributed by atoms with E-state index < -0.39 is 53.2 Å². The molecule has 4 rings (SSSR count). The molecule has 1 aliphatic heterocycles. The molecule has 1 heterocycles. The molecule has 1 unspecified atom stereocenters. The number of aliphatic carboxylic acids is 2. The number of carbonyl (C=O) groups is 9. The van der Waals surface area contributed by atoms with Crippen LogP contribution in [0.1, 0.15) is 68.1 Å². The topological polar surface area (TPSA) is 293 Å². The highest BCUT2D eigenvalue weighted by Gasteiger charge is 2.51. The first-order chi connectivity index (χ1) is 28.7. The fraction of sp³-hybridized carbons (Fsp3) is 0.341. The maximum atomic E-state index is 13.7. The summed E-state index contributed by atoms with van der Waals surface area (Å²) in [5, 5.41) is 31.2. The van der Waals surface area contributed by atoms with Gasteiger partial charge in [-0.3, -0.25) is 34.2 Å². The van der Waals surface area contributed by atoms with E-state index in [4.69, 9.17) is 20.7 Å². The first-order valence-electron chi connectivity index (χ1n) is 19.1. The fourth-order valence-corrected chi connectivity index (χ4v) is 6.23. The number of rotatable bonds is 22. The maximum Gasteiger partial charge on any atom is 0.411 e. The van der Waals surface area contributed by atoms with Gasteiger partial charge in [-0.05, 0) is 92.0 Å². The molecule has 0 radical (unpaired) electrons. The number of nitrogens with zero attached hydrogens (tertiary/aromatic N) is 1. The first kappa shape index (κ1) is 45.4. The van der Waals surface area contributed by atoms with Gasteiger partial charge in [-0.2, -0.15) is 0 Å². The van der Waals surface area contributed by atoms with Crippen LogP contribution in [0.25, 0.3) is 12.2 Å². The third-order valence-corrected chi connectivity index (χ3v) is 9.64. The number of nitrogens with one attached hydrogen (secondary N) is 5. The smallest absolute Gasteiger partial charge is 0.411 e. The van der Waals surface area contributed by atoms with Crippen LogP contribution in [0.3, 0.4) is 0 Å². The van der Waals surface area contributed by atoms with E-state index in [-0.39, 0.29) is 69.4 Å². The summed E-state index contributed by atoms with van der Waals surface area (Å²) in [5.41, 5.74) is 5.57. The van der Waals surface area contributed by atoms with Crippen molar-refractivity contribution in [2.24, 2.45) is 11.1 Å². The molecular formula is C41H47N7O12. The van der Waals surface area contributed by atoms with Gasteiger partial charge in [0.25, 0.3) is 11.8 Å². The third-order valence-electron chi connectivity index (χ3n) is 9.64. The standard InChI is InChI=1S/C41H47N7O12/c42-39(58)44-22-4-6-30(46-38(57)41(19-5-20-41)37(56)43-21-2-1-3-23-48-32(49)15-16-33(48)50)36(55)45-29-13-8-27(9-14-29)25-60-40(59)47-31-24-26(10-17-34(51)52)7-11-28(31)12-18-35(53)54/h7-18,24,30H,1-6,19-23,25H2,(H,43,56)(H,45,55)(H,46,57)(H,47,59)(H,51,52)(H,53,54)(H3,42,44,58)/b17-10+,18-12+. The van der Waals surface area contributed by atoms with Crippen molar-refractivity contribution in [1.29, 1.82) is 0 Å². The Balaban J connectivity index is 1.32. The highest BCUT2D eigenvalue weighted by molar-refractivity contribution is 6.13. The Morgan fingerprint density at radius 3 is 2.10 bits per heavy atom. The maximum absolute atomic E-state index is 13.7. The number of imide groups is 1. The molecule has 1 aliphatic carbocycles. The lowest BCUT2D eigenvalue weighted by molar-refractivity contribution is -0.151. The summed E-state index contributed by atoms with van der Waals surface area (Å²) in [5.74, 6) is -4.75. The second kappa shape index (κ2) is 22.0. The normalized spacial score (nSPS) is 14.6. The molecule has 60 heavy (non-hydrogen) atoms. The van der Waals surface area contributed by atoms with E-state index in [1.807, 2.05) is 0 Å². The van der Waals surface area contributed by atoms with E-state index in [0.29, 0.717) is 48.1 Å². The van der Waals surface area contributed by atoms with Gasteiger partial charge >= 0.3 is 24.1 Å². The Bertz CT molecular complexity index is 2040. The van der Waals surface area contributed by atoms with Gasteiger partial charge in [0.05, 0.1) is 5.69 Å². The van der Waals surface area contributed by atoms with Crippen LogP contribution in [0.15, 0.2) is 66.8 Å². The van der Waals surface area contributed by atoms with Crippen molar-refractivity contribution in [3.05, 3.63) is 83.5 Å². The van der Waals surface area contributed by atoms with Crippen LogP contribution >= 0.6 is 0 Å². The third kappa shape index (κ3) is 13.7. The molecule has 0 spiro atoms. The number of benzene rings is 2. The SMILES string of the molecule is NC(=O)NCCCC(NC(=O)C1(C(=O)NCCCCCN2C(=O)C=CC2=O)CCC1)C(=O)Nc1ccc(COC(=O)Nc2cc(/C=C/C(=O)O)ccc2/C=C/C(=O)O)cc1. The molecule has 8 amide bonds. The summed E-state index contributed by atoms with van der Waals surface area (Å²) in [6.07, 6.45) is 9.20. The molecular weight excluding hydrogens is 782 g/mol. The molecule has 0 saturated heterocycles. The lowest BCUT2D eigenvalue weighted by Crippen LogP contribution is -2.58. The van der Waals surface area contributed by atoms with Gasteiger partial charge < -0.3 is 42.0 Å². The van der Waals surface area contributed by atoms with E-state index in [2.05, 4.69) is 26.6 Å². The van der Waals surface area contributed by atoms with Crippen LogP contribution in [0.4, 0.5) is 21.0 Å². The average molecular weight is 830 g/mol. The molecule has 0 bridgehead atoms. The Morgan fingerprint density at radius 1 is 0.800 bits per heavy atom. The molecule has 9 N–H and O–H groups in total. The summed E-state index contributed by atoms with van der Waals surface area (Å²) >= 11 is 0. The van der Waals surface area contributed by atoms with Crippen molar-refractivity contribution < 1.29 is 58.1 Å². The Morgan fingerprint density at radius 2 is 1.47 bits per heavy atom. The van der Waals surface area contributed by atoms with Crippen LogP contribution in [0, 0.1) is 5.41 Å². The van der Waals surface area contributed by atoms with Crippen LogP contribution in [-0.4, -0.2) is 94.4 Å². The minimum Gasteiger partial charge on any atom is -0.478 e. The number of amides is 8. The van der Waals surface area contributed by atoms with E-state index in [1.54, 1.807) is 24.3 Å². The zero-order valence-corrected chi connectivity index (χ0v) is 32.6. The van der Waals surface area contributed by atoms with Crippen molar-refractivity contribution in [1.82, 2.24) is 20.9 Å². The molecule has 2 aromatic carbocycles. The molecule has 1 saturated carbocycles. The number of ether oxygens (including phenoxy) is 1. The highest BCUT2D eigenvalue weighted by Crippen LogP contribution is 2.41. The number of carboxylic acids is 2. The predicted octanol–water partition coefficient (Wildman–Crippen LogP) is 2.88. The summed E-state index contributed by atoms with van der Waals surface area (Å²) in [6, 6.07) is 8.91. The minimum absolute atomic E-state index is 0.0979. The summed E-state index contributed by atoms with van der Waals surface area (Å²) < 4.78 is 5.33. The lowest BCUT2D eigenvalue weighted by Gasteiger charge is -2.39. The largest absolute Gasteiger partial charge is 0.478 e. The van der Waals surface area contributed by atoms with Crippen LogP contribution in [0.2, 0.25) is 0 Å². The second-order valence-corrected chi connectivity index (χ2v) is 14.0. The van der Waals surface area contributed by atoms with Gasteiger partial charge in [-0.15, -0.1) is 0 Å². The molecule has 318 valence electrons. The van der Waals surface area contributed by atoms with Crippen LogP contribution in [0.5, 0.6) is 0 Å². The van der Waals surface area contributed by atoms with Gasteiger partial charge in [0.2, 0.25) is 17.7 Å². The summed E-state index contributed by atoms with van der Waals surface area (Å²) in [4.78, 5) is 111. The van der Waals surface area contributed by atoms with E-state index in [0.717, 1.165) is 17.1 Å². The highest BCUT2D eigenvalue weighted by atomic mass is 16.5. The minimum atomic E-state index is -1.37. The Hall–Kier alpha value is -7.31. The number of anilines is 2. The number of hydrogen-bond acceptors (Lipinski definition) is 10. The number of unbranched alkanes of at least 4 members (excludes halogenated alkanes) is 2. The molecule has 2 aromatic rings. The lowest BCUT2D eigenvalue weighted by atomic mass is 9.67. The predicted molar refractivity (Wildman–Crippen MR) is 216 cm³/mol. The molecule has 19 nitrogen and oxygen atoms in total. The monoisotopic (exact) mass is 829 g/mol. The van der Waals surface area contributed by atoms with Crippen molar-refractivity contribution in [2.75, 3.05) is 30.3 Å². The van der Waals surface area contributed by atoms with Gasteiger partial charge in [0.1, 0.15) is 18.1 Å². The van der Waals surface area contributed by atoms with Gasteiger partial charge in [-0.25, -0.2) is 19.2 Å². The Kier molecular flexibility index (Phi) is 16.6. The quantitative estimate of drug-likeness (QED) is 0.0368. The molecule has 2 aliphatic rings. The molecule has 0 aromatic heterocycles. The Labute approximate surface area is 344 Å². The zero-order valence-electron chi connectivity index (χ0n) is 32.6. The van der Waals surface area contributed by atoms with Crippen LogP contribution < -0.4 is 32.3 Å². The van der Waals surface area contributed by atoms with Gasteiger partial charge in [0.15, 0.2) is 0 Å². The number of urea groups is 1. The average Bonchev–Trinajstić information content (AvgIpc) is 3.50. The summed E-state index contributed by atoms with van der Waals surface area (Å²) in [6.45, 7) is 0.478. The number of hydrogen-bond donors (Lipinski definition) is 8. The van der Waals surface area contributed by atoms with Crippen LogP contribution in [-0.2, 0) is 44.9 Å². The molecule has 1 atom stereocenters. The number of carboxylic acid groups (broad SMARTS) is 2. The number of primary amides is 1. The number of carbonyl (C=O) groups excluding carboxylic acids is 7. The van der Waals surface area contributed by atoms with Crippen molar-refractivity contribution in [2.45, 2.75) is 64.0 Å². The van der Waals surface area contributed by atoms with Gasteiger partial charge in [0, 0.05) is 49.6 Å².